The number of halogens is 1. The van der Waals surface area contributed by atoms with E-state index in [-0.39, 0.29) is 17.7 Å². The molecule has 1 aliphatic heterocycles. The molecule has 2 heterocycles. The highest BCUT2D eigenvalue weighted by Gasteiger charge is 2.53. The fraction of sp³-hybridized carbons (Fsp3) is 0.529. The molecule has 0 amide bonds. The zero-order valence-electron chi connectivity index (χ0n) is 12.4. The van der Waals surface area contributed by atoms with Gasteiger partial charge in [-0.15, -0.1) is 0 Å². The van der Waals surface area contributed by atoms with Crippen molar-refractivity contribution >= 4 is 11.0 Å². The molecule has 2 atom stereocenters. The molecule has 1 aromatic carbocycles. The molecule has 0 N–H and O–H groups in total. The molecule has 2 fully saturated rings. The van der Waals surface area contributed by atoms with Crippen LogP contribution in [0.5, 0.6) is 0 Å². The van der Waals surface area contributed by atoms with Crippen LogP contribution in [-0.4, -0.2) is 28.4 Å². The van der Waals surface area contributed by atoms with Gasteiger partial charge in [-0.3, -0.25) is 4.39 Å². The Hall–Kier alpha value is -1.93. The largest absolute Gasteiger partial charge is 0.370 e. The first-order valence-corrected chi connectivity index (χ1v) is 7.73. The fourth-order valence-corrected chi connectivity index (χ4v) is 3.90. The second-order valence-electron chi connectivity index (χ2n) is 6.82. The molecule has 5 heteroatoms. The quantitative estimate of drug-likeness (QED) is 0.818. The first-order valence-electron chi connectivity index (χ1n) is 7.73. The van der Waals surface area contributed by atoms with E-state index >= 15 is 0 Å². The second kappa shape index (κ2) is 4.79. The van der Waals surface area contributed by atoms with E-state index in [1.807, 2.05) is 16.7 Å². The van der Waals surface area contributed by atoms with Crippen molar-refractivity contribution in [2.24, 2.45) is 5.41 Å². The standard InChI is InChI=1S/C17H18FN3O/c18-9-16(4-1-5-17(8-16)11-22-17)10-21-12-20-14-3-2-13(7-19)6-15(14)21/h2-3,6,12H,1,4-5,8-11H2/t16-,17-/m0/s1. The third-order valence-electron chi connectivity index (χ3n) is 5.13. The van der Waals surface area contributed by atoms with Crippen LogP contribution in [0.1, 0.15) is 31.2 Å². The molecule has 22 heavy (non-hydrogen) atoms. The molecule has 2 aromatic rings. The average molecular weight is 299 g/mol. The van der Waals surface area contributed by atoms with E-state index in [0.29, 0.717) is 12.1 Å². The van der Waals surface area contributed by atoms with Crippen molar-refractivity contribution in [3.8, 4) is 6.07 Å². The zero-order chi connectivity index (χ0) is 15.2. The molecule has 0 bridgehead atoms. The van der Waals surface area contributed by atoms with Gasteiger partial charge in [0.25, 0.3) is 0 Å². The molecule has 114 valence electrons. The molecule has 1 saturated carbocycles. The van der Waals surface area contributed by atoms with Gasteiger partial charge in [0.2, 0.25) is 0 Å². The van der Waals surface area contributed by atoms with E-state index in [2.05, 4.69) is 11.1 Å². The van der Waals surface area contributed by atoms with Crippen LogP contribution < -0.4 is 0 Å². The lowest BCUT2D eigenvalue weighted by atomic mass is 9.70. The summed E-state index contributed by atoms with van der Waals surface area (Å²) in [4.78, 5) is 4.38. The lowest BCUT2D eigenvalue weighted by Crippen LogP contribution is -2.38. The molecular weight excluding hydrogens is 281 g/mol. The normalized spacial score (nSPS) is 30.5. The number of imidazole rings is 1. The molecule has 2 aliphatic rings. The molecule has 1 aliphatic carbocycles. The van der Waals surface area contributed by atoms with Gasteiger partial charge in [-0.25, -0.2) is 4.98 Å². The van der Waals surface area contributed by atoms with Crippen molar-refractivity contribution in [2.45, 2.75) is 37.8 Å². The number of nitrogens with zero attached hydrogens (tertiary/aromatic N) is 3. The van der Waals surface area contributed by atoms with E-state index < -0.39 is 0 Å². The van der Waals surface area contributed by atoms with Gasteiger partial charge in [0.15, 0.2) is 0 Å². The number of nitriles is 1. The summed E-state index contributed by atoms with van der Waals surface area (Å²) in [5.41, 5.74) is 1.93. The van der Waals surface area contributed by atoms with Gasteiger partial charge in [-0.05, 0) is 43.9 Å². The number of ether oxygens (including phenoxy) is 1. The van der Waals surface area contributed by atoms with Gasteiger partial charge in [-0.1, -0.05) is 0 Å². The smallest absolute Gasteiger partial charge is 0.0992 e. The monoisotopic (exact) mass is 299 g/mol. The number of fused-ring (bicyclic) bond motifs is 1. The Kier molecular flexibility index (Phi) is 2.98. The first kappa shape index (κ1) is 13.7. The molecule has 4 rings (SSSR count). The third kappa shape index (κ3) is 2.19. The zero-order valence-corrected chi connectivity index (χ0v) is 12.4. The fourth-order valence-electron chi connectivity index (χ4n) is 3.90. The predicted octanol–water partition coefficient (Wildman–Crippen LogP) is 3.21. The van der Waals surface area contributed by atoms with Crippen molar-refractivity contribution < 1.29 is 9.13 Å². The highest BCUT2D eigenvalue weighted by molar-refractivity contribution is 5.77. The number of benzene rings is 1. The van der Waals surface area contributed by atoms with Gasteiger partial charge in [0.05, 0.1) is 47.9 Å². The van der Waals surface area contributed by atoms with Crippen LogP contribution in [-0.2, 0) is 11.3 Å². The molecule has 1 aromatic heterocycles. The van der Waals surface area contributed by atoms with Crippen molar-refractivity contribution in [1.82, 2.24) is 9.55 Å². The predicted molar refractivity (Wildman–Crippen MR) is 80.0 cm³/mol. The van der Waals surface area contributed by atoms with E-state index in [9.17, 15) is 4.39 Å². The van der Waals surface area contributed by atoms with Crippen molar-refractivity contribution in [1.29, 1.82) is 5.26 Å². The number of hydrogen-bond acceptors (Lipinski definition) is 3. The summed E-state index contributed by atoms with van der Waals surface area (Å²) in [5.74, 6) is 0. The van der Waals surface area contributed by atoms with E-state index in [1.165, 1.54) is 0 Å². The Morgan fingerprint density at radius 1 is 1.41 bits per heavy atom. The van der Waals surface area contributed by atoms with Gasteiger partial charge >= 0.3 is 0 Å². The Labute approximate surface area is 128 Å². The van der Waals surface area contributed by atoms with Crippen LogP contribution in [0.25, 0.3) is 11.0 Å². The summed E-state index contributed by atoms with van der Waals surface area (Å²) in [5, 5.41) is 9.06. The van der Waals surface area contributed by atoms with Gasteiger partial charge in [-0.2, -0.15) is 5.26 Å². The third-order valence-corrected chi connectivity index (χ3v) is 5.13. The summed E-state index contributed by atoms with van der Waals surface area (Å²) in [6.07, 6.45) is 5.50. The van der Waals surface area contributed by atoms with E-state index in [1.54, 1.807) is 12.4 Å². The number of rotatable bonds is 3. The highest BCUT2D eigenvalue weighted by atomic mass is 19.1. The van der Waals surface area contributed by atoms with Crippen molar-refractivity contribution in [3.63, 3.8) is 0 Å². The summed E-state index contributed by atoms with van der Waals surface area (Å²) in [6, 6.07) is 7.59. The summed E-state index contributed by atoms with van der Waals surface area (Å²) in [7, 11) is 0. The summed E-state index contributed by atoms with van der Waals surface area (Å²) < 4.78 is 21.5. The maximum Gasteiger partial charge on any atom is 0.0992 e. The Bertz CT molecular complexity index is 759. The average Bonchev–Trinajstić information content (AvgIpc) is 3.17. The molecule has 4 nitrogen and oxygen atoms in total. The Balaban J connectivity index is 1.68. The van der Waals surface area contributed by atoms with Crippen LogP contribution in [0.4, 0.5) is 4.39 Å². The molecule has 1 saturated heterocycles. The van der Waals surface area contributed by atoms with Gasteiger partial charge in [0, 0.05) is 12.0 Å². The molecule has 0 radical (unpaired) electrons. The Morgan fingerprint density at radius 2 is 2.27 bits per heavy atom. The number of alkyl halides is 1. The van der Waals surface area contributed by atoms with Crippen molar-refractivity contribution in [3.05, 3.63) is 30.1 Å². The summed E-state index contributed by atoms with van der Waals surface area (Å²) >= 11 is 0. The number of epoxide rings is 1. The molecule has 0 unspecified atom stereocenters. The highest BCUT2D eigenvalue weighted by Crippen LogP contribution is 2.51. The molecular formula is C17H18FN3O. The van der Waals surface area contributed by atoms with Crippen LogP contribution in [0.15, 0.2) is 24.5 Å². The first-order chi connectivity index (χ1) is 10.7. The van der Waals surface area contributed by atoms with Crippen LogP contribution in [0, 0.1) is 16.7 Å². The van der Waals surface area contributed by atoms with E-state index in [0.717, 1.165) is 43.3 Å². The lowest BCUT2D eigenvalue weighted by molar-refractivity contribution is 0.0608. The van der Waals surface area contributed by atoms with E-state index in [4.69, 9.17) is 10.00 Å². The lowest BCUT2D eigenvalue weighted by Gasteiger charge is -2.38. The maximum absolute atomic E-state index is 13.9. The summed E-state index contributed by atoms with van der Waals surface area (Å²) in [6.45, 7) is 1.04. The Morgan fingerprint density at radius 3 is 3.00 bits per heavy atom. The maximum atomic E-state index is 13.9. The van der Waals surface area contributed by atoms with Crippen molar-refractivity contribution in [2.75, 3.05) is 13.3 Å². The number of hydrogen-bond donors (Lipinski definition) is 0. The van der Waals surface area contributed by atoms with Crippen LogP contribution in [0.3, 0.4) is 0 Å². The van der Waals surface area contributed by atoms with Crippen LogP contribution in [0.2, 0.25) is 0 Å². The SMILES string of the molecule is N#Cc1ccc2ncn(C[C@@]3(CF)CCC[C@@]4(CO4)C3)c2c1. The number of aromatic nitrogens is 2. The minimum absolute atomic E-state index is 0.0570. The molecule has 1 spiro atoms. The topological polar surface area (TPSA) is 54.1 Å². The second-order valence-corrected chi connectivity index (χ2v) is 6.82. The minimum atomic E-state index is -0.370. The van der Waals surface area contributed by atoms with Gasteiger partial charge < -0.3 is 9.30 Å². The van der Waals surface area contributed by atoms with Crippen LogP contribution >= 0.6 is 0 Å². The minimum Gasteiger partial charge on any atom is -0.370 e. The van der Waals surface area contributed by atoms with Gasteiger partial charge in [0.1, 0.15) is 0 Å².